The maximum Gasteiger partial charge on any atom is 0.317 e. The van der Waals surface area contributed by atoms with Gasteiger partial charge in [0.15, 0.2) is 0 Å². The smallest absolute Gasteiger partial charge is 0.317 e. The zero-order valence-corrected chi connectivity index (χ0v) is 13.1. The summed E-state index contributed by atoms with van der Waals surface area (Å²) in [5.74, 6) is -0.786. The summed E-state index contributed by atoms with van der Waals surface area (Å²) in [6.45, 7) is 0.740. The van der Waals surface area contributed by atoms with Gasteiger partial charge in [-0.15, -0.1) is 0 Å². The molecule has 2 rings (SSSR count). The van der Waals surface area contributed by atoms with Crippen LogP contribution in [0, 0.1) is 0 Å². The molecule has 1 saturated carbocycles. The number of nitrogens with zero attached hydrogens (tertiary/aromatic N) is 2. The highest BCUT2D eigenvalue weighted by Crippen LogP contribution is 2.26. The number of likely N-dealkylation sites (N-methyl/N-ethyl adjacent to an activating group) is 1. The van der Waals surface area contributed by atoms with Crippen molar-refractivity contribution >= 4 is 11.7 Å². The number of hydrogen-bond donors (Lipinski definition) is 1. The lowest BCUT2D eigenvalue weighted by Gasteiger charge is -2.33. The minimum absolute atomic E-state index is 0.0731. The third kappa shape index (κ3) is 4.74. The highest BCUT2D eigenvalue weighted by atomic mass is 16.4. The molecule has 1 fully saturated rings. The molecule has 0 bridgehead atoms. The van der Waals surface area contributed by atoms with E-state index in [1.807, 2.05) is 11.9 Å². The second-order valence-electron chi connectivity index (χ2n) is 6.14. The molecule has 0 spiro atoms. The molecule has 0 saturated heterocycles. The summed E-state index contributed by atoms with van der Waals surface area (Å²) in [6, 6.07) is 9.18. The van der Waals surface area contributed by atoms with Crippen molar-refractivity contribution in [3.05, 3.63) is 29.8 Å². The van der Waals surface area contributed by atoms with Crippen LogP contribution >= 0.6 is 0 Å². The van der Waals surface area contributed by atoms with Gasteiger partial charge in [0.25, 0.3) is 0 Å². The van der Waals surface area contributed by atoms with Crippen molar-refractivity contribution < 1.29 is 9.90 Å². The minimum atomic E-state index is -0.786. The van der Waals surface area contributed by atoms with Crippen LogP contribution in [0.25, 0.3) is 0 Å². The molecule has 0 amide bonds. The van der Waals surface area contributed by atoms with Crippen molar-refractivity contribution in [2.24, 2.45) is 0 Å². The van der Waals surface area contributed by atoms with Gasteiger partial charge in [-0.1, -0.05) is 31.4 Å². The fourth-order valence-electron chi connectivity index (χ4n) is 3.11. The number of aliphatic carboxylic acids is 1. The molecule has 1 aliphatic carbocycles. The van der Waals surface area contributed by atoms with Crippen LogP contribution in [0.15, 0.2) is 24.3 Å². The average Bonchev–Trinajstić information content (AvgIpc) is 2.47. The molecule has 4 heteroatoms. The summed E-state index contributed by atoms with van der Waals surface area (Å²) < 4.78 is 0. The normalized spacial score (nSPS) is 16.1. The molecule has 116 valence electrons. The zero-order chi connectivity index (χ0) is 15.2. The van der Waals surface area contributed by atoms with Gasteiger partial charge >= 0.3 is 5.97 Å². The summed E-state index contributed by atoms with van der Waals surface area (Å²) in [4.78, 5) is 14.9. The van der Waals surface area contributed by atoms with Crippen LogP contribution in [-0.2, 0) is 11.3 Å². The summed E-state index contributed by atoms with van der Waals surface area (Å²) in [6.07, 6.45) is 6.64. The Balaban J connectivity index is 1.93. The van der Waals surface area contributed by atoms with Crippen LogP contribution in [-0.4, -0.2) is 42.7 Å². The largest absolute Gasteiger partial charge is 0.480 e. The van der Waals surface area contributed by atoms with Gasteiger partial charge < -0.3 is 10.0 Å². The summed E-state index contributed by atoms with van der Waals surface area (Å²) in [5, 5.41) is 8.77. The number of rotatable bonds is 6. The fraction of sp³-hybridized carbons (Fsp3) is 0.588. The van der Waals surface area contributed by atoms with Crippen LogP contribution in [0.5, 0.6) is 0 Å². The SMILES string of the molecule is CN(CC(=O)O)Cc1ccc(N(C)C2CCCCC2)cc1. The zero-order valence-electron chi connectivity index (χ0n) is 13.1. The van der Waals surface area contributed by atoms with Crippen LogP contribution in [0.1, 0.15) is 37.7 Å². The molecule has 1 aliphatic rings. The second-order valence-corrected chi connectivity index (χ2v) is 6.14. The van der Waals surface area contributed by atoms with E-state index in [1.165, 1.54) is 37.8 Å². The third-order valence-electron chi connectivity index (χ3n) is 4.32. The molecule has 0 unspecified atom stereocenters. The van der Waals surface area contributed by atoms with Gasteiger partial charge in [-0.2, -0.15) is 0 Å². The standard InChI is InChI=1S/C17H26N2O2/c1-18(13-17(20)21)12-14-8-10-16(11-9-14)19(2)15-6-4-3-5-7-15/h8-11,15H,3-7,12-13H2,1-2H3,(H,20,21). The van der Waals surface area contributed by atoms with E-state index >= 15 is 0 Å². The van der Waals surface area contributed by atoms with E-state index in [0.29, 0.717) is 12.6 Å². The van der Waals surface area contributed by atoms with Gasteiger partial charge in [0, 0.05) is 25.3 Å². The quantitative estimate of drug-likeness (QED) is 0.875. The fourth-order valence-corrected chi connectivity index (χ4v) is 3.11. The van der Waals surface area contributed by atoms with Crippen molar-refractivity contribution in [2.45, 2.75) is 44.7 Å². The Morgan fingerprint density at radius 1 is 1.14 bits per heavy atom. The van der Waals surface area contributed by atoms with Crippen molar-refractivity contribution in [3.8, 4) is 0 Å². The average molecular weight is 290 g/mol. The number of carboxylic acids is 1. The molecule has 1 N–H and O–H groups in total. The lowest BCUT2D eigenvalue weighted by atomic mass is 9.94. The van der Waals surface area contributed by atoms with E-state index in [2.05, 4.69) is 36.2 Å². The van der Waals surface area contributed by atoms with E-state index in [0.717, 1.165) is 5.56 Å². The molecule has 1 aromatic rings. The Labute approximate surface area is 127 Å². The first-order chi connectivity index (χ1) is 10.1. The Morgan fingerprint density at radius 2 is 1.76 bits per heavy atom. The van der Waals surface area contributed by atoms with Gasteiger partial charge in [0.1, 0.15) is 0 Å². The van der Waals surface area contributed by atoms with Gasteiger partial charge in [-0.25, -0.2) is 0 Å². The molecule has 0 aromatic heterocycles. The van der Waals surface area contributed by atoms with Crippen molar-refractivity contribution in [1.29, 1.82) is 0 Å². The number of anilines is 1. The summed E-state index contributed by atoms with van der Waals surface area (Å²) in [5.41, 5.74) is 2.41. The van der Waals surface area contributed by atoms with E-state index in [-0.39, 0.29) is 6.54 Å². The van der Waals surface area contributed by atoms with Crippen LogP contribution < -0.4 is 4.90 Å². The summed E-state index contributed by atoms with van der Waals surface area (Å²) >= 11 is 0. The molecule has 21 heavy (non-hydrogen) atoms. The Bertz CT molecular complexity index is 452. The van der Waals surface area contributed by atoms with E-state index in [9.17, 15) is 4.79 Å². The molecule has 0 atom stereocenters. The first-order valence-corrected chi connectivity index (χ1v) is 7.78. The highest BCUT2D eigenvalue weighted by molar-refractivity contribution is 5.69. The first-order valence-electron chi connectivity index (χ1n) is 7.78. The molecular formula is C17H26N2O2. The predicted octanol–water partition coefficient (Wildman–Crippen LogP) is 2.97. The topological polar surface area (TPSA) is 43.8 Å². The number of hydrogen-bond acceptors (Lipinski definition) is 3. The van der Waals surface area contributed by atoms with Gasteiger partial charge in [0.05, 0.1) is 6.54 Å². The van der Waals surface area contributed by atoms with Crippen molar-refractivity contribution in [2.75, 3.05) is 25.5 Å². The van der Waals surface area contributed by atoms with E-state index in [1.54, 1.807) is 0 Å². The highest BCUT2D eigenvalue weighted by Gasteiger charge is 2.18. The van der Waals surface area contributed by atoms with E-state index < -0.39 is 5.97 Å². The molecular weight excluding hydrogens is 264 g/mol. The van der Waals surface area contributed by atoms with Crippen LogP contribution in [0.4, 0.5) is 5.69 Å². The molecule has 0 aliphatic heterocycles. The molecule has 1 aromatic carbocycles. The number of benzene rings is 1. The van der Waals surface area contributed by atoms with Gasteiger partial charge in [-0.05, 0) is 37.6 Å². The Kier molecular flexibility index (Phi) is 5.62. The Hall–Kier alpha value is -1.55. The third-order valence-corrected chi connectivity index (χ3v) is 4.32. The Morgan fingerprint density at radius 3 is 2.33 bits per heavy atom. The molecule has 0 radical (unpaired) electrons. The maximum atomic E-state index is 10.7. The lowest BCUT2D eigenvalue weighted by Crippen LogP contribution is -2.33. The second kappa shape index (κ2) is 7.46. The predicted molar refractivity (Wildman–Crippen MR) is 85.7 cm³/mol. The monoisotopic (exact) mass is 290 g/mol. The number of carboxylic acid groups (broad SMARTS) is 1. The van der Waals surface area contributed by atoms with Crippen molar-refractivity contribution in [1.82, 2.24) is 4.90 Å². The lowest BCUT2D eigenvalue weighted by molar-refractivity contribution is -0.138. The maximum absolute atomic E-state index is 10.7. The van der Waals surface area contributed by atoms with Gasteiger partial charge in [0.2, 0.25) is 0 Å². The number of carbonyl (C=O) groups is 1. The van der Waals surface area contributed by atoms with Crippen molar-refractivity contribution in [3.63, 3.8) is 0 Å². The summed E-state index contributed by atoms with van der Waals surface area (Å²) in [7, 11) is 4.01. The minimum Gasteiger partial charge on any atom is -0.480 e. The molecule has 0 heterocycles. The van der Waals surface area contributed by atoms with E-state index in [4.69, 9.17) is 5.11 Å². The first kappa shape index (κ1) is 15.8. The van der Waals surface area contributed by atoms with Crippen LogP contribution in [0.2, 0.25) is 0 Å². The van der Waals surface area contributed by atoms with Crippen LogP contribution in [0.3, 0.4) is 0 Å². The van der Waals surface area contributed by atoms with Gasteiger partial charge in [-0.3, -0.25) is 9.69 Å². The molecule has 4 nitrogen and oxygen atoms in total.